The molecule has 19 heavy (non-hydrogen) atoms. The van der Waals surface area contributed by atoms with Crippen molar-refractivity contribution in [3.8, 4) is 0 Å². The van der Waals surface area contributed by atoms with Crippen LogP contribution in [0.5, 0.6) is 0 Å². The van der Waals surface area contributed by atoms with E-state index in [4.69, 9.17) is 11.6 Å². The number of nitrogens with one attached hydrogen (secondary N) is 1. The zero-order chi connectivity index (χ0) is 13.8. The molecule has 1 aromatic carbocycles. The van der Waals surface area contributed by atoms with Crippen LogP contribution in [0.1, 0.15) is 32.8 Å². The zero-order valence-corrected chi connectivity index (χ0v) is 13.0. The van der Waals surface area contributed by atoms with E-state index in [2.05, 4.69) is 43.1 Å². The zero-order valence-electron chi connectivity index (χ0n) is 12.2. The molecular weight excluding hydrogens is 256 g/mol. The number of rotatable bonds is 4. The molecule has 0 aromatic heterocycles. The van der Waals surface area contributed by atoms with E-state index in [0.29, 0.717) is 18.0 Å². The lowest BCUT2D eigenvalue weighted by molar-refractivity contribution is 0.103. The van der Waals surface area contributed by atoms with Gasteiger partial charge in [0.1, 0.15) is 0 Å². The number of piperazine rings is 1. The van der Waals surface area contributed by atoms with Gasteiger partial charge in [0.2, 0.25) is 0 Å². The molecule has 1 fully saturated rings. The fourth-order valence-electron chi connectivity index (χ4n) is 2.77. The van der Waals surface area contributed by atoms with Crippen molar-refractivity contribution >= 4 is 11.6 Å². The Hall–Kier alpha value is -0.570. The first-order valence-electron chi connectivity index (χ1n) is 7.32. The van der Waals surface area contributed by atoms with Gasteiger partial charge < -0.3 is 5.32 Å². The molecule has 0 radical (unpaired) electrons. The Morgan fingerprint density at radius 3 is 2.74 bits per heavy atom. The van der Waals surface area contributed by atoms with Crippen LogP contribution in [0.25, 0.3) is 0 Å². The summed E-state index contributed by atoms with van der Waals surface area (Å²) in [7, 11) is 0. The van der Waals surface area contributed by atoms with Gasteiger partial charge in [-0.3, -0.25) is 4.90 Å². The van der Waals surface area contributed by atoms with Crippen molar-refractivity contribution in [3.05, 3.63) is 34.9 Å². The molecule has 2 atom stereocenters. The highest BCUT2D eigenvalue weighted by Crippen LogP contribution is 2.22. The third kappa shape index (κ3) is 3.71. The summed E-state index contributed by atoms with van der Waals surface area (Å²) in [5.74, 6) is 0.673. The summed E-state index contributed by atoms with van der Waals surface area (Å²) in [6.07, 6.45) is 1.18. The van der Waals surface area contributed by atoms with Gasteiger partial charge in [0.25, 0.3) is 0 Å². The van der Waals surface area contributed by atoms with E-state index >= 15 is 0 Å². The normalized spacial score (nSPS) is 24.9. The SMILES string of the molecule is CCC1CNC(C(C)C)CN1Cc1ccccc1Cl. The predicted molar refractivity (Wildman–Crippen MR) is 82.6 cm³/mol. The van der Waals surface area contributed by atoms with Gasteiger partial charge in [0.15, 0.2) is 0 Å². The molecule has 0 bridgehead atoms. The van der Waals surface area contributed by atoms with Crippen LogP contribution < -0.4 is 5.32 Å². The van der Waals surface area contributed by atoms with Gasteiger partial charge in [-0.2, -0.15) is 0 Å². The van der Waals surface area contributed by atoms with E-state index < -0.39 is 0 Å². The maximum Gasteiger partial charge on any atom is 0.0451 e. The Morgan fingerprint density at radius 1 is 1.37 bits per heavy atom. The minimum absolute atomic E-state index is 0.588. The van der Waals surface area contributed by atoms with Crippen LogP contribution >= 0.6 is 11.6 Å². The number of nitrogens with zero attached hydrogens (tertiary/aromatic N) is 1. The lowest BCUT2D eigenvalue weighted by atomic mass is 9.98. The van der Waals surface area contributed by atoms with Crippen LogP contribution in [-0.2, 0) is 6.54 Å². The molecule has 0 aliphatic carbocycles. The second-order valence-corrected chi connectivity index (χ2v) is 6.25. The Bertz CT molecular complexity index is 405. The number of hydrogen-bond donors (Lipinski definition) is 1. The first-order valence-corrected chi connectivity index (χ1v) is 7.70. The van der Waals surface area contributed by atoms with E-state index in [-0.39, 0.29) is 0 Å². The highest BCUT2D eigenvalue weighted by Gasteiger charge is 2.28. The molecule has 1 N–H and O–H groups in total. The van der Waals surface area contributed by atoms with Gasteiger partial charge in [0, 0.05) is 36.7 Å². The molecule has 3 heteroatoms. The molecule has 1 aromatic rings. The van der Waals surface area contributed by atoms with Gasteiger partial charge in [-0.1, -0.05) is 50.6 Å². The third-order valence-electron chi connectivity index (χ3n) is 4.17. The molecule has 2 unspecified atom stereocenters. The maximum absolute atomic E-state index is 6.29. The number of halogens is 1. The van der Waals surface area contributed by atoms with Crippen molar-refractivity contribution in [2.75, 3.05) is 13.1 Å². The highest BCUT2D eigenvalue weighted by atomic mass is 35.5. The quantitative estimate of drug-likeness (QED) is 0.907. The monoisotopic (exact) mass is 280 g/mol. The second-order valence-electron chi connectivity index (χ2n) is 5.84. The minimum atomic E-state index is 0.588. The van der Waals surface area contributed by atoms with E-state index in [9.17, 15) is 0 Å². The van der Waals surface area contributed by atoms with Crippen LogP contribution in [0, 0.1) is 5.92 Å². The van der Waals surface area contributed by atoms with Gasteiger partial charge >= 0.3 is 0 Å². The summed E-state index contributed by atoms with van der Waals surface area (Å²) >= 11 is 6.29. The molecular formula is C16H25ClN2. The lowest BCUT2D eigenvalue weighted by Crippen LogP contribution is -2.57. The van der Waals surface area contributed by atoms with Gasteiger partial charge in [-0.15, -0.1) is 0 Å². The number of benzene rings is 1. The van der Waals surface area contributed by atoms with Crippen LogP contribution in [0.2, 0.25) is 5.02 Å². The fraction of sp³-hybridized carbons (Fsp3) is 0.625. The van der Waals surface area contributed by atoms with Crippen LogP contribution in [0.3, 0.4) is 0 Å². The average molecular weight is 281 g/mol. The van der Waals surface area contributed by atoms with Crippen molar-refractivity contribution in [3.63, 3.8) is 0 Å². The summed E-state index contributed by atoms with van der Waals surface area (Å²) in [5, 5.41) is 4.56. The lowest BCUT2D eigenvalue weighted by Gasteiger charge is -2.41. The van der Waals surface area contributed by atoms with E-state index in [1.165, 1.54) is 12.0 Å². The summed E-state index contributed by atoms with van der Waals surface area (Å²) in [4.78, 5) is 2.59. The molecule has 0 saturated carbocycles. The second kappa shape index (κ2) is 6.74. The topological polar surface area (TPSA) is 15.3 Å². The molecule has 2 nitrogen and oxygen atoms in total. The largest absolute Gasteiger partial charge is 0.311 e. The van der Waals surface area contributed by atoms with Gasteiger partial charge in [0.05, 0.1) is 0 Å². The fourth-order valence-corrected chi connectivity index (χ4v) is 2.97. The average Bonchev–Trinajstić information content (AvgIpc) is 2.41. The van der Waals surface area contributed by atoms with Crippen molar-refractivity contribution in [2.45, 2.75) is 45.8 Å². The van der Waals surface area contributed by atoms with E-state index in [1.54, 1.807) is 0 Å². The first kappa shape index (κ1) is 14.8. The summed E-state index contributed by atoms with van der Waals surface area (Å²) in [6.45, 7) is 10.0. The van der Waals surface area contributed by atoms with Crippen LogP contribution in [0.4, 0.5) is 0 Å². The Morgan fingerprint density at radius 2 is 2.11 bits per heavy atom. The van der Waals surface area contributed by atoms with E-state index in [0.717, 1.165) is 24.7 Å². The standard InChI is InChI=1S/C16H25ClN2/c1-4-14-9-18-16(12(2)3)11-19(14)10-13-7-5-6-8-15(13)17/h5-8,12,14,16,18H,4,9-11H2,1-3H3. The Kier molecular flexibility index (Phi) is 5.26. The van der Waals surface area contributed by atoms with Crippen LogP contribution in [-0.4, -0.2) is 30.1 Å². The van der Waals surface area contributed by atoms with Crippen molar-refractivity contribution in [1.82, 2.24) is 10.2 Å². The minimum Gasteiger partial charge on any atom is -0.311 e. The van der Waals surface area contributed by atoms with Crippen LogP contribution in [0.15, 0.2) is 24.3 Å². The molecule has 1 heterocycles. The molecule has 2 rings (SSSR count). The molecule has 0 amide bonds. The highest BCUT2D eigenvalue weighted by molar-refractivity contribution is 6.31. The molecule has 0 spiro atoms. The van der Waals surface area contributed by atoms with Gasteiger partial charge in [-0.05, 0) is 24.0 Å². The van der Waals surface area contributed by atoms with Gasteiger partial charge in [-0.25, -0.2) is 0 Å². The Labute approximate surface area is 122 Å². The molecule has 1 aliphatic heterocycles. The number of hydrogen-bond acceptors (Lipinski definition) is 2. The summed E-state index contributed by atoms with van der Waals surface area (Å²) < 4.78 is 0. The summed E-state index contributed by atoms with van der Waals surface area (Å²) in [5.41, 5.74) is 1.24. The van der Waals surface area contributed by atoms with Crippen molar-refractivity contribution in [1.29, 1.82) is 0 Å². The first-order chi connectivity index (χ1) is 9.11. The third-order valence-corrected chi connectivity index (χ3v) is 4.54. The van der Waals surface area contributed by atoms with Crippen molar-refractivity contribution < 1.29 is 0 Å². The maximum atomic E-state index is 6.29. The smallest absolute Gasteiger partial charge is 0.0451 e. The molecule has 106 valence electrons. The molecule has 1 aliphatic rings. The van der Waals surface area contributed by atoms with Crippen molar-refractivity contribution in [2.24, 2.45) is 5.92 Å². The summed E-state index contributed by atoms with van der Waals surface area (Å²) in [6, 6.07) is 9.40. The Balaban J connectivity index is 2.08. The predicted octanol–water partition coefficient (Wildman–Crippen LogP) is 3.55. The van der Waals surface area contributed by atoms with E-state index in [1.807, 2.05) is 12.1 Å². The molecule has 1 saturated heterocycles.